The Morgan fingerprint density at radius 3 is 1.40 bits per heavy atom. The second kappa shape index (κ2) is 9.15. The van der Waals surface area contributed by atoms with Crippen LogP contribution in [0.25, 0.3) is 12.4 Å². The van der Waals surface area contributed by atoms with Gasteiger partial charge in [0.25, 0.3) is 0 Å². The van der Waals surface area contributed by atoms with Crippen LogP contribution in [0.1, 0.15) is 0 Å². The molecular formula is C13H18N4O3. The highest BCUT2D eigenvalue weighted by molar-refractivity contribution is 5.47. The number of hydrogen-bond donors (Lipinski definition) is 0. The molecule has 0 spiro atoms. The largest absolute Gasteiger partial charge is 0.652 e. The lowest BCUT2D eigenvalue weighted by Crippen LogP contribution is -2.37. The number of carboxylic acid groups (broad SMARTS) is 2. The fourth-order valence-corrected chi connectivity index (χ4v) is 1.15. The number of aromatic nitrogens is 4. The average molecular weight is 278 g/mol. The maximum atomic E-state index is 8.33. The van der Waals surface area contributed by atoms with Gasteiger partial charge in [-0.2, -0.15) is 0 Å². The fraction of sp³-hybridized carbons (Fsp3) is 0.154. The normalized spacial score (nSPS) is 8.50. The van der Waals surface area contributed by atoms with Crippen LogP contribution in [0.4, 0.5) is 4.79 Å². The first kappa shape index (κ1) is 17.2. The molecule has 2 aromatic rings. The lowest BCUT2D eigenvalue weighted by Gasteiger charge is -1.96. The van der Waals surface area contributed by atoms with E-state index >= 15 is 0 Å². The summed E-state index contributed by atoms with van der Waals surface area (Å²) in [4.78, 5) is 8.33. The molecule has 2 rings (SSSR count). The van der Waals surface area contributed by atoms with Gasteiger partial charge in [0.2, 0.25) is 12.7 Å². The van der Waals surface area contributed by atoms with E-state index in [4.69, 9.17) is 15.0 Å². The Kier molecular flexibility index (Phi) is 7.85. The minimum absolute atomic E-state index is 1.75. The van der Waals surface area contributed by atoms with Gasteiger partial charge in [-0.25, -0.2) is 18.3 Å². The third-order valence-electron chi connectivity index (χ3n) is 2.00. The van der Waals surface area contributed by atoms with E-state index in [0.717, 1.165) is 0 Å². The first-order valence-corrected chi connectivity index (χ1v) is 5.57. The zero-order valence-corrected chi connectivity index (χ0v) is 11.5. The summed E-state index contributed by atoms with van der Waals surface area (Å²) in [6.45, 7) is 7.19. The standard InChI is InChI=1S/2C6H9N2.CH2O3/c2*1-3-8-5-4-7(2)6-8;2-1(3)4/h2*3-6H,1H2,2H3;(H2,2,3,4)/q2*+1;/p-2. The fourth-order valence-electron chi connectivity index (χ4n) is 1.15. The minimum atomic E-state index is -2.33. The number of rotatable bonds is 2. The first-order valence-electron chi connectivity index (χ1n) is 5.57. The molecule has 0 saturated heterocycles. The molecule has 0 aromatic carbocycles. The molecule has 0 aliphatic carbocycles. The summed E-state index contributed by atoms with van der Waals surface area (Å²) in [5.41, 5.74) is 0. The number of aryl methyl sites for hydroxylation is 2. The summed E-state index contributed by atoms with van der Waals surface area (Å²) in [6.07, 6.45) is 12.8. The van der Waals surface area contributed by atoms with Crippen LogP contribution in [-0.2, 0) is 14.1 Å². The third-order valence-corrected chi connectivity index (χ3v) is 2.00. The van der Waals surface area contributed by atoms with Crippen molar-refractivity contribution in [3.05, 3.63) is 50.6 Å². The molecular weight excluding hydrogens is 260 g/mol. The van der Waals surface area contributed by atoms with Gasteiger partial charge in [-0.3, -0.25) is 0 Å². The van der Waals surface area contributed by atoms with Crippen LogP contribution in [0.5, 0.6) is 0 Å². The SMILES string of the molecule is C=Cn1cc[n+](C)c1.C=Cn1cc[n+](C)c1.O=C([O-])[O-]. The van der Waals surface area contributed by atoms with Crippen molar-refractivity contribution in [3.8, 4) is 0 Å². The highest BCUT2D eigenvalue weighted by atomic mass is 16.6. The molecule has 108 valence electrons. The Morgan fingerprint density at radius 1 is 1.00 bits per heavy atom. The third kappa shape index (κ3) is 8.29. The average Bonchev–Trinajstić information content (AvgIpc) is 2.97. The van der Waals surface area contributed by atoms with Crippen molar-refractivity contribution in [2.75, 3.05) is 0 Å². The van der Waals surface area contributed by atoms with Crippen LogP contribution in [0.15, 0.2) is 50.6 Å². The van der Waals surface area contributed by atoms with Gasteiger partial charge in [0.1, 0.15) is 24.8 Å². The van der Waals surface area contributed by atoms with Crippen molar-refractivity contribution in [1.82, 2.24) is 9.13 Å². The molecule has 0 aliphatic heterocycles. The van der Waals surface area contributed by atoms with Gasteiger partial charge in [-0.05, 0) is 6.16 Å². The Hall–Kier alpha value is -2.83. The molecule has 0 aliphatic rings. The summed E-state index contributed by atoms with van der Waals surface area (Å²) in [5, 5.41) is 16.7. The zero-order chi connectivity index (χ0) is 15.5. The number of carbonyl (C=O) groups excluding carboxylic acids is 1. The molecule has 0 saturated carbocycles. The Labute approximate surface area is 117 Å². The van der Waals surface area contributed by atoms with Crippen LogP contribution >= 0.6 is 0 Å². The number of nitrogens with zero attached hydrogens (tertiary/aromatic N) is 4. The summed E-state index contributed by atoms with van der Waals surface area (Å²) in [7, 11) is 3.94. The molecule has 0 atom stereocenters. The Morgan fingerprint density at radius 2 is 1.30 bits per heavy atom. The van der Waals surface area contributed by atoms with Crippen LogP contribution < -0.4 is 19.3 Å². The second-order valence-corrected chi connectivity index (χ2v) is 3.67. The monoisotopic (exact) mass is 278 g/mol. The lowest BCUT2D eigenvalue weighted by molar-refractivity contribution is -0.670. The summed E-state index contributed by atoms with van der Waals surface area (Å²) in [5.74, 6) is 0. The van der Waals surface area contributed by atoms with E-state index in [-0.39, 0.29) is 0 Å². The molecule has 2 aromatic heterocycles. The quantitative estimate of drug-likeness (QED) is 0.619. The minimum Gasteiger partial charge on any atom is -0.652 e. The van der Waals surface area contributed by atoms with Gasteiger partial charge in [0, 0.05) is 0 Å². The topological polar surface area (TPSA) is 80.8 Å². The first-order chi connectivity index (χ1) is 9.38. The molecule has 7 nitrogen and oxygen atoms in total. The molecule has 0 amide bonds. The Balaban J connectivity index is 0.000000289. The van der Waals surface area contributed by atoms with E-state index in [1.165, 1.54) is 0 Å². The number of carbonyl (C=O) groups is 1. The van der Waals surface area contributed by atoms with E-state index in [9.17, 15) is 0 Å². The smallest absolute Gasteiger partial charge is 0.248 e. The van der Waals surface area contributed by atoms with Gasteiger partial charge in [0.05, 0.1) is 26.5 Å². The molecule has 0 radical (unpaired) electrons. The van der Waals surface area contributed by atoms with Gasteiger partial charge in [0.15, 0.2) is 0 Å². The number of imidazole rings is 2. The lowest BCUT2D eigenvalue weighted by atomic mass is 10.8. The number of hydrogen-bond acceptors (Lipinski definition) is 3. The molecule has 0 bridgehead atoms. The molecule has 2 heterocycles. The van der Waals surface area contributed by atoms with Crippen molar-refractivity contribution in [2.45, 2.75) is 0 Å². The van der Waals surface area contributed by atoms with E-state index < -0.39 is 6.16 Å². The molecule has 0 N–H and O–H groups in total. The summed E-state index contributed by atoms with van der Waals surface area (Å²) >= 11 is 0. The zero-order valence-electron chi connectivity index (χ0n) is 11.5. The van der Waals surface area contributed by atoms with Crippen LogP contribution in [-0.4, -0.2) is 15.3 Å². The Bertz CT molecular complexity index is 509. The van der Waals surface area contributed by atoms with Crippen molar-refractivity contribution >= 4 is 18.6 Å². The van der Waals surface area contributed by atoms with E-state index in [1.54, 1.807) is 12.4 Å². The van der Waals surface area contributed by atoms with Crippen LogP contribution in [0, 0.1) is 0 Å². The van der Waals surface area contributed by atoms with Crippen LogP contribution in [0.2, 0.25) is 0 Å². The van der Waals surface area contributed by atoms with Crippen molar-refractivity contribution in [2.24, 2.45) is 14.1 Å². The highest BCUT2D eigenvalue weighted by Crippen LogP contribution is 1.80. The van der Waals surface area contributed by atoms with Crippen molar-refractivity contribution in [3.63, 3.8) is 0 Å². The van der Waals surface area contributed by atoms with Gasteiger partial charge >= 0.3 is 0 Å². The van der Waals surface area contributed by atoms with Gasteiger partial charge in [-0.15, -0.1) is 0 Å². The maximum Gasteiger partial charge on any atom is 0.248 e. The predicted octanol–water partition coefficient (Wildman–Crippen LogP) is -1.62. The van der Waals surface area contributed by atoms with Gasteiger partial charge in [-0.1, -0.05) is 13.2 Å². The molecule has 0 fully saturated rings. The maximum absolute atomic E-state index is 8.33. The summed E-state index contributed by atoms with van der Waals surface area (Å²) in [6, 6.07) is 0. The van der Waals surface area contributed by atoms with E-state index in [1.807, 2.05) is 69.8 Å². The van der Waals surface area contributed by atoms with Crippen molar-refractivity contribution in [1.29, 1.82) is 0 Å². The predicted molar refractivity (Wildman–Crippen MR) is 69.4 cm³/mol. The van der Waals surface area contributed by atoms with E-state index in [0.29, 0.717) is 0 Å². The molecule has 0 unspecified atom stereocenters. The van der Waals surface area contributed by atoms with E-state index in [2.05, 4.69) is 13.2 Å². The summed E-state index contributed by atoms with van der Waals surface area (Å²) < 4.78 is 7.70. The van der Waals surface area contributed by atoms with Crippen molar-refractivity contribution < 1.29 is 24.1 Å². The second-order valence-electron chi connectivity index (χ2n) is 3.67. The molecule has 7 heteroatoms. The molecule has 20 heavy (non-hydrogen) atoms. The highest BCUT2D eigenvalue weighted by Gasteiger charge is 1.90. The van der Waals surface area contributed by atoms with Crippen LogP contribution in [0.3, 0.4) is 0 Å². The van der Waals surface area contributed by atoms with Gasteiger partial charge < -0.3 is 15.0 Å².